The Morgan fingerprint density at radius 1 is 0.944 bits per heavy atom. The van der Waals surface area contributed by atoms with Gasteiger partial charge in [-0.3, -0.25) is 44.3 Å². The van der Waals surface area contributed by atoms with Crippen molar-refractivity contribution in [2.45, 2.75) is 35.1 Å². The first-order valence-electron chi connectivity index (χ1n) is 16.6. The number of allylic oxidation sites excluding steroid dienone is 2. The van der Waals surface area contributed by atoms with Crippen molar-refractivity contribution in [2.24, 2.45) is 17.8 Å². The number of amides is 4. The van der Waals surface area contributed by atoms with E-state index in [2.05, 4.69) is 15.9 Å². The summed E-state index contributed by atoms with van der Waals surface area (Å²) in [6, 6.07) is 15.6. The van der Waals surface area contributed by atoms with Gasteiger partial charge in [-0.25, -0.2) is 4.90 Å². The van der Waals surface area contributed by atoms with Crippen molar-refractivity contribution < 1.29 is 38.9 Å². The predicted molar refractivity (Wildman–Crippen MR) is 199 cm³/mol. The van der Waals surface area contributed by atoms with Gasteiger partial charge in [0.2, 0.25) is 11.8 Å². The molecule has 1 saturated carbocycles. The molecule has 2 aliphatic carbocycles. The Balaban J connectivity index is 1.33. The maximum absolute atomic E-state index is 14.5. The van der Waals surface area contributed by atoms with Gasteiger partial charge < -0.3 is 14.7 Å². The second-order valence-corrected chi connectivity index (χ2v) is 15.5. The largest absolute Gasteiger partial charge is 0.508 e. The summed E-state index contributed by atoms with van der Waals surface area (Å²) in [5.41, 5.74) is -0.962. The van der Waals surface area contributed by atoms with Crippen LogP contribution in [-0.2, 0) is 25.8 Å². The lowest BCUT2D eigenvalue weighted by Gasteiger charge is -2.50. The predicted octanol–water partition coefficient (Wildman–Crippen LogP) is 5.77. The Kier molecular flexibility index (Phi) is 9.21. The van der Waals surface area contributed by atoms with Gasteiger partial charge in [0, 0.05) is 43.8 Å². The maximum atomic E-state index is 14.5. The van der Waals surface area contributed by atoms with Gasteiger partial charge in [-0.2, -0.15) is 0 Å². The van der Waals surface area contributed by atoms with Gasteiger partial charge in [0.1, 0.15) is 18.1 Å². The van der Waals surface area contributed by atoms with Crippen LogP contribution in [0.5, 0.6) is 11.5 Å². The van der Waals surface area contributed by atoms with Crippen molar-refractivity contribution in [3.05, 3.63) is 104 Å². The molecule has 1 N–H and O–H groups in total. The lowest BCUT2D eigenvalue weighted by atomic mass is 9.56. The van der Waals surface area contributed by atoms with Crippen LogP contribution in [0, 0.1) is 38.0 Å². The molecule has 2 aliphatic heterocycles. The maximum Gasteiger partial charge on any atom is 0.301 e. The molecule has 3 fully saturated rings. The Bertz CT molecular complexity index is 2170. The van der Waals surface area contributed by atoms with E-state index in [4.69, 9.17) is 27.9 Å². The van der Waals surface area contributed by atoms with Crippen molar-refractivity contribution in [3.8, 4) is 11.5 Å². The number of carbonyl (C=O) groups excluding carboxylic acids is 4. The molecule has 6 atom stereocenters. The standard InChI is InChI=1S/C36H30BrCl2N5O10/c1-40(2)30-25(43(50)51)12-19(13-26(30)44(52)53)42-31(46)23-11-10-21-24(28(23)32(42)47)15-35(38)33(48)41(17-37)34(49)36(35,39)29(21)22-9-8-20(14-27(22)45)54-16-18-6-4-3-5-7-18/h3-10,12-14,23-24,28-29,45H,11,15-17H2,1-2H3. The molecule has 0 bridgehead atoms. The van der Waals surface area contributed by atoms with Gasteiger partial charge in [-0.1, -0.05) is 64.0 Å². The summed E-state index contributed by atoms with van der Waals surface area (Å²) in [5, 5.41) is 35.7. The number of carbonyl (C=O) groups is 4. The van der Waals surface area contributed by atoms with E-state index in [-0.39, 0.29) is 53.3 Å². The number of alkyl halides is 3. The third-order valence-corrected chi connectivity index (χ3v) is 12.6. The van der Waals surface area contributed by atoms with E-state index < -0.39 is 78.3 Å². The molecule has 0 radical (unpaired) electrons. The van der Waals surface area contributed by atoms with Crippen LogP contribution in [-0.4, -0.2) is 72.8 Å². The lowest BCUT2D eigenvalue weighted by molar-refractivity contribution is -0.392. The Hall–Kier alpha value is -5.06. The highest BCUT2D eigenvalue weighted by molar-refractivity contribution is 9.09. The first kappa shape index (κ1) is 37.3. The average molecular weight is 843 g/mol. The fraction of sp³-hybridized carbons (Fsp3) is 0.333. The number of hydrogen-bond acceptors (Lipinski definition) is 11. The summed E-state index contributed by atoms with van der Waals surface area (Å²) >= 11 is 17.7. The van der Waals surface area contributed by atoms with E-state index >= 15 is 0 Å². The fourth-order valence-corrected chi connectivity index (χ4v) is 9.82. The summed E-state index contributed by atoms with van der Waals surface area (Å²) in [5.74, 6) is -7.83. The molecule has 15 nitrogen and oxygen atoms in total. The zero-order chi connectivity index (χ0) is 39.0. The minimum atomic E-state index is -2.19. The normalized spacial score (nSPS) is 27.3. The van der Waals surface area contributed by atoms with Crippen LogP contribution in [0.3, 0.4) is 0 Å². The number of likely N-dealkylation sites (tertiary alicyclic amines) is 1. The molecule has 280 valence electrons. The summed E-state index contributed by atoms with van der Waals surface area (Å²) in [7, 11) is 2.77. The third-order valence-electron chi connectivity index (χ3n) is 10.7. The molecule has 54 heavy (non-hydrogen) atoms. The third kappa shape index (κ3) is 5.36. The number of ether oxygens (including phenoxy) is 1. The van der Waals surface area contributed by atoms with Gasteiger partial charge in [0.05, 0.1) is 32.8 Å². The van der Waals surface area contributed by atoms with Crippen LogP contribution < -0.4 is 14.5 Å². The van der Waals surface area contributed by atoms with E-state index in [1.54, 1.807) is 12.1 Å². The number of anilines is 2. The topological polar surface area (TPSA) is 194 Å². The summed E-state index contributed by atoms with van der Waals surface area (Å²) in [6.45, 7) is 0.188. The molecular formula is C36H30BrCl2N5O10. The number of aromatic hydroxyl groups is 1. The summed E-state index contributed by atoms with van der Waals surface area (Å²) in [6.07, 6.45) is 1.24. The minimum absolute atomic E-state index is 0.0559. The summed E-state index contributed by atoms with van der Waals surface area (Å²) in [4.78, 5) is 77.6. The number of nitro groups is 2. The minimum Gasteiger partial charge on any atom is -0.508 e. The number of benzene rings is 3. The van der Waals surface area contributed by atoms with Gasteiger partial charge in [-0.05, 0) is 30.4 Å². The van der Waals surface area contributed by atoms with Crippen LogP contribution in [0.25, 0.3) is 0 Å². The molecule has 6 unspecified atom stereocenters. The molecule has 2 saturated heterocycles. The second-order valence-electron chi connectivity index (χ2n) is 13.7. The van der Waals surface area contributed by atoms with Crippen LogP contribution >= 0.6 is 39.1 Å². The van der Waals surface area contributed by atoms with Crippen LogP contribution in [0.2, 0.25) is 0 Å². The molecule has 4 aliphatic rings. The number of imide groups is 2. The Morgan fingerprint density at radius 3 is 2.17 bits per heavy atom. The SMILES string of the molecule is CN(C)c1c([N+](=O)[O-])cc(N2C(=O)C3CC=C4C(CC5(Cl)C(=O)N(CBr)C(=O)C5(Cl)C4c4ccc(OCc5ccccc5)cc4O)C3C2=O)cc1[N+](=O)[O-]. The van der Waals surface area contributed by atoms with E-state index in [9.17, 15) is 44.5 Å². The number of phenolic OH excluding ortho intramolecular Hbond substituents is 1. The molecule has 18 heteroatoms. The van der Waals surface area contributed by atoms with Crippen molar-refractivity contribution in [1.82, 2.24) is 4.90 Å². The molecular weight excluding hydrogens is 813 g/mol. The first-order valence-corrected chi connectivity index (χ1v) is 18.5. The molecule has 0 spiro atoms. The van der Waals surface area contributed by atoms with E-state index in [1.165, 1.54) is 31.1 Å². The Morgan fingerprint density at radius 2 is 1.59 bits per heavy atom. The smallest absolute Gasteiger partial charge is 0.301 e. The van der Waals surface area contributed by atoms with Crippen molar-refractivity contribution >= 4 is 85.5 Å². The molecule has 3 aromatic rings. The number of rotatable bonds is 9. The highest BCUT2D eigenvalue weighted by atomic mass is 79.9. The quantitative estimate of drug-likeness (QED) is 0.0687. The number of phenols is 1. The number of halogens is 3. The monoisotopic (exact) mass is 841 g/mol. The van der Waals surface area contributed by atoms with Crippen LogP contribution in [0.15, 0.2) is 72.3 Å². The molecule has 0 aromatic heterocycles. The van der Waals surface area contributed by atoms with E-state index in [1.807, 2.05) is 30.3 Å². The number of fused-ring (bicyclic) bond motifs is 4. The highest BCUT2D eigenvalue weighted by Crippen LogP contribution is 2.66. The zero-order valence-electron chi connectivity index (χ0n) is 28.5. The number of nitro benzene ring substituents is 2. The van der Waals surface area contributed by atoms with E-state index in [0.717, 1.165) is 22.6 Å². The number of hydrogen-bond donors (Lipinski definition) is 1. The fourth-order valence-electron chi connectivity index (χ4n) is 8.41. The molecule has 3 aromatic carbocycles. The number of nitrogens with zero attached hydrogens (tertiary/aromatic N) is 5. The molecule has 2 heterocycles. The first-order chi connectivity index (χ1) is 25.6. The van der Waals surface area contributed by atoms with Crippen molar-refractivity contribution in [1.29, 1.82) is 0 Å². The van der Waals surface area contributed by atoms with E-state index in [0.29, 0.717) is 10.5 Å². The van der Waals surface area contributed by atoms with Gasteiger partial charge in [-0.15, -0.1) is 23.2 Å². The highest BCUT2D eigenvalue weighted by Gasteiger charge is 2.76. The van der Waals surface area contributed by atoms with Crippen molar-refractivity contribution in [3.63, 3.8) is 0 Å². The van der Waals surface area contributed by atoms with Gasteiger partial charge >= 0.3 is 11.4 Å². The van der Waals surface area contributed by atoms with Gasteiger partial charge in [0.15, 0.2) is 15.4 Å². The van der Waals surface area contributed by atoms with Crippen molar-refractivity contribution in [2.75, 3.05) is 29.3 Å². The van der Waals surface area contributed by atoms with Crippen LogP contribution in [0.4, 0.5) is 22.7 Å². The average Bonchev–Trinajstić information content (AvgIpc) is 3.47. The molecule has 4 amide bonds. The summed E-state index contributed by atoms with van der Waals surface area (Å²) < 4.78 is 5.89. The molecule has 7 rings (SSSR count). The van der Waals surface area contributed by atoms with Gasteiger partial charge in [0.25, 0.3) is 11.8 Å². The van der Waals surface area contributed by atoms with Crippen LogP contribution in [0.1, 0.15) is 29.9 Å². The lowest BCUT2D eigenvalue weighted by Crippen LogP contribution is -2.60. The second kappa shape index (κ2) is 13.4. The zero-order valence-corrected chi connectivity index (χ0v) is 31.6. The Labute approximate surface area is 325 Å².